The number of benzene rings is 1. The van der Waals surface area contributed by atoms with Gasteiger partial charge in [0.25, 0.3) is 5.56 Å². The van der Waals surface area contributed by atoms with Gasteiger partial charge in [0.15, 0.2) is 0 Å². The Kier molecular flexibility index (Phi) is 2.63. The van der Waals surface area contributed by atoms with Gasteiger partial charge in [0.1, 0.15) is 0 Å². The van der Waals surface area contributed by atoms with Crippen LogP contribution in [0.25, 0.3) is 11.1 Å². The monoisotopic (exact) mass is 229 g/mol. The highest BCUT2D eigenvalue weighted by atomic mass is 16.1. The van der Waals surface area contributed by atoms with E-state index >= 15 is 0 Å². The van der Waals surface area contributed by atoms with E-state index in [4.69, 9.17) is 11.5 Å². The second-order valence-corrected chi connectivity index (χ2v) is 4.17. The molecule has 0 aliphatic heterocycles. The molecule has 0 spiro atoms. The van der Waals surface area contributed by atoms with Gasteiger partial charge in [-0.2, -0.15) is 0 Å². The van der Waals surface area contributed by atoms with E-state index in [9.17, 15) is 4.79 Å². The topological polar surface area (TPSA) is 74.0 Å². The lowest BCUT2D eigenvalue weighted by Gasteiger charge is -2.08. The van der Waals surface area contributed by atoms with Crippen molar-refractivity contribution in [2.24, 2.45) is 7.05 Å². The third kappa shape index (κ3) is 2.01. The van der Waals surface area contributed by atoms with Crippen molar-refractivity contribution in [1.29, 1.82) is 0 Å². The summed E-state index contributed by atoms with van der Waals surface area (Å²) >= 11 is 0. The van der Waals surface area contributed by atoms with E-state index in [0.717, 1.165) is 11.1 Å². The number of pyridine rings is 1. The van der Waals surface area contributed by atoms with Crippen molar-refractivity contribution in [2.45, 2.75) is 6.92 Å². The molecule has 0 aliphatic carbocycles. The van der Waals surface area contributed by atoms with E-state index in [1.807, 2.05) is 18.2 Å². The summed E-state index contributed by atoms with van der Waals surface area (Å²) in [7, 11) is 1.74. The number of rotatable bonds is 1. The number of nitrogens with zero attached hydrogens (tertiary/aromatic N) is 1. The van der Waals surface area contributed by atoms with Crippen LogP contribution in [0, 0.1) is 6.92 Å². The predicted octanol–water partition coefficient (Wildman–Crippen LogP) is 1.53. The molecular formula is C13H15N3O. The molecule has 0 amide bonds. The van der Waals surface area contributed by atoms with E-state index in [0.29, 0.717) is 16.9 Å². The van der Waals surface area contributed by atoms with Crippen molar-refractivity contribution in [3.8, 4) is 11.1 Å². The van der Waals surface area contributed by atoms with Crippen molar-refractivity contribution in [3.63, 3.8) is 0 Å². The van der Waals surface area contributed by atoms with Crippen LogP contribution in [-0.4, -0.2) is 4.57 Å². The zero-order chi connectivity index (χ0) is 12.6. The van der Waals surface area contributed by atoms with Gasteiger partial charge in [-0.3, -0.25) is 4.79 Å². The van der Waals surface area contributed by atoms with Crippen molar-refractivity contribution < 1.29 is 0 Å². The van der Waals surface area contributed by atoms with Gasteiger partial charge in [-0.15, -0.1) is 0 Å². The van der Waals surface area contributed by atoms with Crippen LogP contribution in [0.4, 0.5) is 11.4 Å². The Labute approximate surface area is 99.5 Å². The SMILES string of the molecule is Cc1cc(-c2ccc(N)c(N)c2)cn(C)c1=O. The van der Waals surface area contributed by atoms with Crippen LogP contribution in [0.3, 0.4) is 0 Å². The molecule has 1 heterocycles. The predicted molar refractivity (Wildman–Crippen MR) is 70.7 cm³/mol. The largest absolute Gasteiger partial charge is 0.397 e. The highest BCUT2D eigenvalue weighted by Crippen LogP contribution is 2.24. The molecule has 4 heteroatoms. The Balaban J connectivity index is 2.61. The molecule has 0 radical (unpaired) electrons. The molecule has 2 aromatic rings. The Bertz CT molecular complexity index is 603. The zero-order valence-electron chi connectivity index (χ0n) is 9.90. The molecule has 4 N–H and O–H groups in total. The van der Waals surface area contributed by atoms with Crippen LogP contribution in [-0.2, 0) is 7.05 Å². The maximum Gasteiger partial charge on any atom is 0.253 e. The summed E-state index contributed by atoms with van der Waals surface area (Å²) in [6, 6.07) is 7.33. The van der Waals surface area contributed by atoms with Crippen LogP contribution in [0.5, 0.6) is 0 Å². The first-order valence-corrected chi connectivity index (χ1v) is 5.31. The molecule has 2 rings (SSSR count). The summed E-state index contributed by atoms with van der Waals surface area (Å²) in [5.74, 6) is 0. The number of aryl methyl sites for hydroxylation is 2. The molecule has 0 saturated carbocycles. The molecule has 0 atom stereocenters. The lowest BCUT2D eigenvalue weighted by Crippen LogP contribution is -2.18. The lowest BCUT2D eigenvalue weighted by atomic mass is 10.0. The lowest BCUT2D eigenvalue weighted by molar-refractivity contribution is 0.851. The molecule has 0 bridgehead atoms. The molecule has 0 fully saturated rings. The first-order valence-electron chi connectivity index (χ1n) is 5.31. The zero-order valence-corrected chi connectivity index (χ0v) is 9.90. The third-order valence-electron chi connectivity index (χ3n) is 2.78. The molecule has 0 saturated heterocycles. The molecule has 88 valence electrons. The second-order valence-electron chi connectivity index (χ2n) is 4.17. The molecular weight excluding hydrogens is 214 g/mol. The first-order chi connectivity index (χ1) is 7.99. The van der Waals surface area contributed by atoms with Crippen LogP contribution >= 0.6 is 0 Å². The van der Waals surface area contributed by atoms with E-state index in [1.54, 1.807) is 30.8 Å². The van der Waals surface area contributed by atoms with E-state index in [-0.39, 0.29) is 5.56 Å². The maximum absolute atomic E-state index is 11.6. The van der Waals surface area contributed by atoms with Gasteiger partial charge in [0.05, 0.1) is 11.4 Å². The summed E-state index contributed by atoms with van der Waals surface area (Å²) in [5.41, 5.74) is 15.2. The average Bonchev–Trinajstić information content (AvgIpc) is 2.29. The maximum atomic E-state index is 11.6. The van der Waals surface area contributed by atoms with Crippen LogP contribution < -0.4 is 17.0 Å². The van der Waals surface area contributed by atoms with Gasteiger partial charge in [-0.25, -0.2) is 0 Å². The van der Waals surface area contributed by atoms with Gasteiger partial charge in [-0.05, 0) is 36.2 Å². The summed E-state index contributed by atoms with van der Waals surface area (Å²) in [6.45, 7) is 1.80. The minimum atomic E-state index is 0.0113. The molecule has 0 unspecified atom stereocenters. The summed E-state index contributed by atoms with van der Waals surface area (Å²) in [6.07, 6.45) is 1.79. The van der Waals surface area contributed by atoms with Crippen molar-refractivity contribution in [1.82, 2.24) is 4.57 Å². The van der Waals surface area contributed by atoms with Gasteiger partial charge >= 0.3 is 0 Å². The van der Waals surface area contributed by atoms with E-state index < -0.39 is 0 Å². The van der Waals surface area contributed by atoms with Gasteiger partial charge in [0, 0.05) is 18.8 Å². The molecule has 0 aliphatic rings. The number of anilines is 2. The second kappa shape index (κ2) is 3.97. The number of aromatic nitrogens is 1. The minimum absolute atomic E-state index is 0.0113. The Hall–Kier alpha value is -2.23. The van der Waals surface area contributed by atoms with Crippen molar-refractivity contribution in [3.05, 3.63) is 46.4 Å². The average molecular weight is 229 g/mol. The minimum Gasteiger partial charge on any atom is -0.397 e. The van der Waals surface area contributed by atoms with E-state index in [1.165, 1.54) is 0 Å². The summed E-state index contributed by atoms with van der Waals surface area (Å²) < 4.78 is 1.57. The van der Waals surface area contributed by atoms with Crippen molar-refractivity contribution >= 4 is 11.4 Å². The molecule has 17 heavy (non-hydrogen) atoms. The molecule has 4 nitrogen and oxygen atoms in total. The quantitative estimate of drug-likeness (QED) is 0.728. The van der Waals surface area contributed by atoms with Crippen molar-refractivity contribution in [2.75, 3.05) is 11.5 Å². The normalized spacial score (nSPS) is 10.5. The first kappa shape index (κ1) is 11.3. The fourth-order valence-electron chi connectivity index (χ4n) is 1.79. The summed E-state index contributed by atoms with van der Waals surface area (Å²) in [4.78, 5) is 11.6. The van der Waals surface area contributed by atoms with Crippen LogP contribution in [0.2, 0.25) is 0 Å². The third-order valence-corrected chi connectivity index (χ3v) is 2.78. The molecule has 1 aromatic heterocycles. The Morgan fingerprint density at radius 1 is 1.06 bits per heavy atom. The van der Waals surface area contributed by atoms with E-state index in [2.05, 4.69) is 0 Å². The van der Waals surface area contributed by atoms with Gasteiger partial charge < -0.3 is 16.0 Å². The van der Waals surface area contributed by atoms with Crippen LogP contribution in [0.1, 0.15) is 5.56 Å². The smallest absolute Gasteiger partial charge is 0.253 e. The Morgan fingerprint density at radius 3 is 2.35 bits per heavy atom. The van der Waals surface area contributed by atoms with Gasteiger partial charge in [0.2, 0.25) is 0 Å². The van der Waals surface area contributed by atoms with Crippen LogP contribution in [0.15, 0.2) is 35.3 Å². The number of nitrogens with two attached hydrogens (primary N) is 2. The highest BCUT2D eigenvalue weighted by Gasteiger charge is 2.04. The number of nitrogen functional groups attached to an aromatic ring is 2. The Morgan fingerprint density at radius 2 is 1.76 bits per heavy atom. The summed E-state index contributed by atoms with van der Waals surface area (Å²) in [5, 5.41) is 0. The number of hydrogen-bond acceptors (Lipinski definition) is 3. The number of hydrogen-bond donors (Lipinski definition) is 2. The fraction of sp³-hybridized carbons (Fsp3) is 0.154. The molecule has 1 aromatic carbocycles. The fourth-order valence-corrected chi connectivity index (χ4v) is 1.79. The highest BCUT2D eigenvalue weighted by molar-refractivity contribution is 5.74. The van der Waals surface area contributed by atoms with Gasteiger partial charge in [-0.1, -0.05) is 6.07 Å². The standard InChI is InChI=1S/C13H15N3O/c1-8-5-10(7-16(2)13(8)17)9-3-4-11(14)12(15)6-9/h3-7H,14-15H2,1-2H3.